The fraction of sp³-hybridized carbons (Fsp3) is 0.611. The van der Waals surface area contributed by atoms with Gasteiger partial charge in [-0.3, -0.25) is 4.79 Å². The van der Waals surface area contributed by atoms with Crippen molar-refractivity contribution >= 4 is 27.4 Å². The maximum absolute atomic E-state index is 12.2. The molecule has 0 aliphatic heterocycles. The Morgan fingerprint density at radius 1 is 1.29 bits per heavy atom. The van der Waals surface area contributed by atoms with Gasteiger partial charge >= 0.3 is 5.97 Å². The lowest BCUT2D eigenvalue weighted by atomic mass is 9.83. The summed E-state index contributed by atoms with van der Waals surface area (Å²) in [4.78, 5) is 12.0. The van der Waals surface area contributed by atoms with E-state index in [1.807, 2.05) is 12.1 Å². The van der Waals surface area contributed by atoms with Crippen molar-refractivity contribution in [3.8, 4) is 0 Å². The minimum absolute atomic E-state index is 0.258. The Balaban J connectivity index is 2.28. The van der Waals surface area contributed by atoms with Crippen molar-refractivity contribution < 1.29 is 17.9 Å². The van der Waals surface area contributed by atoms with Gasteiger partial charge in [0.1, 0.15) is 5.38 Å². The van der Waals surface area contributed by atoms with E-state index in [1.165, 1.54) is 12.7 Å². The Bertz CT molecular complexity index is 678. The Labute approximate surface area is 149 Å². The number of ether oxygens (including phenoxy) is 1. The summed E-state index contributed by atoms with van der Waals surface area (Å²) in [6.07, 6.45) is 7.06. The van der Waals surface area contributed by atoms with E-state index in [4.69, 9.17) is 16.3 Å². The fourth-order valence-electron chi connectivity index (χ4n) is 3.30. The SMILES string of the molecule is CCOC(=O)C(Cl)Cc1ccc(C2CCCCC2)c(S(C)(=O)=O)c1. The quantitative estimate of drug-likeness (QED) is 0.562. The first-order valence-corrected chi connectivity index (χ1v) is 10.8. The van der Waals surface area contributed by atoms with Crippen molar-refractivity contribution in [1.82, 2.24) is 0 Å². The molecule has 0 amide bonds. The highest BCUT2D eigenvalue weighted by atomic mass is 35.5. The van der Waals surface area contributed by atoms with Crippen LogP contribution in [-0.4, -0.2) is 32.6 Å². The number of benzene rings is 1. The summed E-state index contributed by atoms with van der Waals surface area (Å²) in [5, 5.41) is -0.808. The lowest BCUT2D eigenvalue weighted by molar-refractivity contribution is -0.142. The van der Waals surface area contributed by atoms with Crippen molar-refractivity contribution in [2.24, 2.45) is 0 Å². The van der Waals surface area contributed by atoms with Gasteiger partial charge in [-0.15, -0.1) is 11.6 Å². The molecule has 2 rings (SSSR count). The Kier molecular flexibility index (Phi) is 6.70. The second-order valence-electron chi connectivity index (χ2n) is 6.40. The fourth-order valence-corrected chi connectivity index (χ4v) is 4.57. The molecule has 1 aliphatic rings. The number of sulfone groups is 1. The average molecular weight is 373 g/mol. The molecule has 1 saturated carbocycles. The molecule has 0 saturated heterocycles. The highest BCUT2D eigenvalue weighted by Crippen LogP contribution is 2.36. The van der Waals surface area contributed by atoms with Crippen molar-refractivity contribution in [3.63, 3.8) is 0 Å². The van der Waals surface area contributed by atoms with Crippen LogP contribution in [0.4, 0.5) is 0 Å². The maximum atomic E-state index is 12.2. The monoisotopic (exact) mass is 372 g/mol. The third kappa shape index (κ3) is 4.96. The molecule has 0 heterocycles. The molecule has 0 N–H and O–H groups in total. The zero-order valence-electron chi connectivity index (χ0n) is 14.3. The number of esters is 1. The smallest absolute Gasteiger partial charge is 0.324 e. The number of hydrogen-bond acceptors (Lipinski definition) is 4. The topological polar surface area (TPSA) is 60.4 Å². The van der Waals surface area contributed by atoms with Gasteiger partial charge in [0, 0.05) is 6.26 Å². The summed E-state index contributed by atoms with van der Waals surface area (Å²) in [7, 11) is -3.33. The van der Waals surface area contributed by atoms with E-state index in [1.54, 1.807) is 13.0 Å². The number of alkyl halides is 1. The molecular weight excluding hydrogens is 348 g/mol. The predicted octanol–water partition coefficient (Wildman–Crippen LogP) is 3.85. The van der Waals surface area contributed by atoms with Crippen LogP contribution in [0.3, 0.4) is 0 Å². The highest BCUT2D eigenvalue weighted by Gasteiger charge is 2.24. The second-order valence-corrected chi connectivity index (χ2v) is 8.91. The van der Waals surface area contributed by atoms with Crippen LogP contribution in [0.15, 0.2) is 23.1 Å². The summed E-state index contributed by atoms with van der Waals surface area (Å²) in [5.41, 5.74) is 1.64. The van der Waals surface area contributed by atoms with Crippen molar-refractivity contribution in [3.05, 3.63) is 29.3 Å². The number of carbonyl (C=O) groups excluding carboxylic acids is 1. The van der Waals surface area contributed by atoms with Gasteiger partial charge in [-0.25, -0.2) is 8.42 Å². The third-order valence-corrected chi connectivity index (χ3v) is 5.96. The van der Waals surface area contributed by atoms with E-state index in [9.17, 15) is 13.2 Å². The summed E-state index contributed by atoms with van der Waals surface area (Å²) < 4.78 is 29.4. The van der Waals surface area contributed by atoms with Gasteiger partial charge in [0.15, 0.2) is 9.84 Å². The number of carbonyl (C=O) groups is 1. The molecule has 6 heteroatoms. The van der Waals surface area contributed by atoms with E-state index < -0.39 is 21.2 Å². The van der Waals surface area contributed by atoms with Crippen LogP contribution in [0.2, 0.25) is 0 Å². The van der Waals surface area contributed by atoms with E-state index in [-0.39, 0.29) is 13.0 Å². The molecular formula is C18H25ClO4S. The number of hydrogen-bond donors (Lipinski definition) is 0. The van der Waals surface area contributed by atoms with Crippen LogP contribution in [-0.2, 0) is 25.8 Å². The van der Waals surface area contributed by atoms with Gasteiger partial charge < -0.3 is 4.74 Å². The normalized spacial score (nSPS) is 17.5. The Morgan fingerprint density at radius 3 is 2.54 bits per heavy atom. The lowest BCUT2D eigenvalue weighted by Crippen LogP contribution is -2.20. The first-order chi connectivity index (χ1) is 11.3. The molecule has 0 bridgehead atoms. The highest BCUT2D eigenvalue weighted by molar-refractivity contribution is 7.90. The molecule has 4 nitrogen and oxygen atoms in total. The van der Waals surface area contributed by atoms with Crippen LogP contribution in [0.1, 0.15) is 56.1 Å². The molecule has 1 aliphatic carbocycles. The molecule has 1 atom stereocenters. The molecule has 1 fully saturated rings. The van der Waals surface area contributed by atoms with Gasteiger partial charge in [-0.1, -0.05) is 31.4 Å². The zero-order valence-corrected chi connectivity index (χ0v) is 15.8. The van der Waals surface area contributed by atoms with Crippen molar-refractivity contribution in [2.45, 2.75) is 61.6 Å². The van der Waals surface area contributed by atoms with Crippen molar-refractivity contribution in [2.75, 3.05) is 12.9 Å². The summed E-state index contributed by atoms with van der Waals surface area (Å²) in [6.45, 7) is 2.00. The predicted molar refractivity (Wildman–Crippen MR) is 95.4 cm³/mol. The molecule has 1 aromatic carbocycles. The largest absolute Gasteiger partial charge is 0.465 e. The first-order valence-electron chi connectivity index (χ1n) is 8.46. The second kappa shape index (κ2) is 8.34. The summed E-state index contributed by atoms with van der Waals surface area (Å²) >= 11 is 6.08. The summed E-state index contributed by atoms with van der Waals surface area (Å²) in [6, 6.07) is 5.46. The molecule has 1 unspecified atom stereocenters. The van der Waals surface area contributed by atoms with E-state index in [0.717, 1.165) is 36.8 Å². The standard InChI is InChI=1S/C18H25ClO4S/c1-3-23-18(20)16(19)11-13-9-10-15(14-7-5-4-6-8-14)17(12-13)24(2,21)22/h9-10,12,14,16H,3-8,11H2,1-2H3. The van der Waals surface area contributed by atoms with Gasteiger partial charge in [0.2, 0.25) is 0 Å². The summed E-state index contributed by atoms with van der Waals surface area (Å²) in [5.74, 6) is -0.175. The molecule has 0 aromatic heterocycles. The Morgan fingerprint density at radius 2 is 1.96 bits per heavy atom. The van der Waals surface area contributed by atoms with Crippen LogP contribution in [0.25, 0.3) is 0 Å². The molecule has 134 valence electrons. The molecule has 0 spiro atoms. The van der Waals surface area contributed by atoms with Crippen molar-refractivity contribution in [1.29, 1.82) is 0 Å². The number of rotatable bonds is 6. The average Bonchev–Trinajstić information content (AvgIpc) is 2.55. The van der Waals surface area contributed by atoms with Gasteiger partial charge in [0.25, 0.3) is 0 Å². The number of halogens is 1. The van der Waals surface area contributed by atoms with E-state index >= 15 is 0 Å². The Hall–Kier alpha value is -1.07. The van der Waals surface area contributed by atoms with Crippen LogP contribution >= 0.6 is 11.6 Å². The van der Waals surface area contributed by atoms with Gasteiger partial charge in [-0.2, -0.15) is 0 Å². The minimum atomic E-state index is -3.33. The van der Waals surface area contributed by atoms with Crippen LogP contribution < -0.4 is 0 Å². The zero-order chi connectivity index (χ0) is 17.7. The van der Waals surface area contributed by atoms with Crippen LogP contribution in [0, 0.1) is 0 Å². The van der Waals surface area contributed by atoms with Gasteiger partial charge in [-0.05, 0) is 49.3 Å². The molecule has 1 aromatic rings. The van der Waals surface area contributed by atoms with Crippen LogP contribution in [0.5, 0.6) is 0 Å². The van der Waals surface area contributed by atoms with Gasteiger partial charge in [0.05, 0.1) is 11.5 Å². The minimum Gasteiger partial charge on any atom is -0.465 e. The lowest BCUT2D eigenvalue weighted by Gasteiger charge is -2.24. The maximum Gasteiger partial charge on any atom is 0.324 e. The third-order valence-electron chi connectivity index (χ3n) is 4.48. The van der Waals surface area contributed by atoms with E-state index in [0.29, 0.717) is 10.8 Å². The molecule has 24 heavy (non-hydrogen) atoms. The van der Waals surface area contributed by atoms with E-state index in [2.05, 4.69) is 0 Å². The first kappa shape index (κ1) is 19.3. The molecule has 0 radical (unpaired) electrons.